The summed E-state index contributed by atoms with van der Waals surface area (Å²) in [6, 6.07) is 17.2. The number of carbonyl (C=O) groups excluding carboxylic acids is 4. The number of Topliss-reactive ketones (excluding diaryl/α,β-unsaturated/α-hetero) is 2. The molecule has 2 heterocycles. The lowest BCUT2D eigenvalue weighted by molar-refractivity contribution is 0.0882. The molecule has 11 heteroatoms. The van der Waals surface area contributed by atoms with E-state index in [0.717, 1.165) is 15.7 Å². The molecule has 2 amide bonds. The molecule has 0 fully saturated rings. The summed E-state index contributed by atoms with van der Waals surface area (Å²) in [5.74, 6) is -3.23. The van der Waals surface area contributed by atoms with E-state index in [1.807, 2.05) is 24.3 Å². The molecule has 0 N–H and O–H groups in total. The van der Waals surface area contributed by atoms with Gasteiger partial charge in [-0.1, -0.05) is 76.7 Å². The Kier molecular flexibility index (Phi) is 6.08. The van der Waals surface area contributed by atoms with Crippen molar-refractivity contribution in [2.75, 3.05) is 12.0 Å². The van der Waals surface area contributed by atoms with Crippen molar-refractivity contribution in [3.63, 3.8) is 0 Å². The number of amides is 2. The lowest BCUT2D eigenvalue weighted by Gasteiger charge is -2.18. The number of imide groups is 1. The maximum Gasteiger partial charge on any atom is 0.267 e. The number of anilines is 1. The highest BCUT2D eigenvalue weighted by atomic mass is 35.5. The molecule has 1 aliphatic heterocycles. The van der Waals surface area contributed by atoms with Crippen LogP contribution in [0, 0.1) is 0 Å². The van der Waals surface area contributed by atoms with E-state index < -0.39 is 17.7 Å². The largest absolute Gasteiger partial charge is 0.497 e. The van der Waals surface area contributed by atoms with Crippen LogP contribution < -0.4 is 9.64 Å². The zero-order valence-corrected chi connectivity index (χ0v) is 24.3. The molecule has 0 bridgehead atoms. The Morgan fingerprint density at radius 2 is 1.24 bits per heavy atom. The second-order valence-corrected chi connectivity index (χ2v) is 11.3. The van der Waals surface area contributed by atoms with Gasteiger partial charge in [-0.2, -0.15) is 0 Å². The van der Waals surface area contributed by atoms with Crippen LogP contribution in [0.3, 0.4) is 0 Å². The van der Waals surface area contributed by atoms with E-state index in [2.05, 4.69) is 4.98 Å². The van der Waals surface area contributed by atoms with Crippen LogP contribution in [-0.4, -0.2) is 35.5 Å². The molecule has 0 unspecified atom stereocenters. The van der Waals surface area contributed by atoms with Crippen molar-refractivity contribution in [1.29, 1.82) is 0 Å². The topological polar surface area (TPSA) is 93.6 Å². The fraction of sp³-hybridized carbons (Fsp3) is 0.0645. The molecule has 7 rings (SSSR count). The number of halogens is 4. The van der Waals surface area contributed by atoms with Gasteiger partial charge in [0.25, 0.3) is 11.8 Å². The number of hydrogen-bond donors (Lipinski definition) is 0. The molecule has 0 spiro atoms. The zero-order chi connectivity index (χ0) is 29.6. The Balaban J connectivity index is 1.40. The Bertz CT molecular complexity index is 2030. The predicted molar refractivity (Wildman–Crippen MR) is 161 cm³/mol. The number of methoxy groups -OCH3 is 1. The van der Waals surface area contributed by atoms with Gasteiger partial charge in [-0.15, -0.1) is 0 Å². The van der Waals surface area contributed by atoms with Crippen molar-refractivity contribution < 1.29 is 23.9 Å². The first-order valence-electron chi connectivity index (χ1n) is 12.5. The van der Waals surface area contributed by atoms with Gasteiger partial charge in [0.05, 0.1) is 55.2 Å². The number of benzene rings is 4. The van der Waals surface area contributed by atoms with Crippen molar-refractivity contribution in [2.24, 2.45) is 0 Å². The van der Waals surface area contributed by atoms with E-state index in [-0.39, 0.29) is 59.7 Å². The normalized spacial score (nSPS) is 14.8. The molecule has 1 aliphatic carbocycles. The van der Waals surface area contributed by atoms with Crippen molar-refractivity contribution in [3.8, 4) is 5.75 Å². The van der Waals surface area contributed by atoms with Gasteiger partial charge < -0.3 is 4.74 Å². The predicted octanol–water partition coefficient (Wildman–Crippen LogP) is 7.97. The second-order valence-electron chi connectivity index (χ2n) is 9.81. The summed E-state index contributed by atoms with van der Waals surface area (Å²) in [7, 11) is 1.43. The average Bonchev–Trinajstić information content (AvgIpc) is 3.40. The van der Waals surface area contributed by atoms with Gasteiger partial charge >= 0.3 is 0 Å². The average molecular weight is 636 g/mol. The third-order valence-corrected chi connectivity index (χ3v) is 9.38. The van der Waals surface area contributed by atoms with E-state index in [1.54, 1.807) is 30.3 Å². The molecule has 42 heavy (non-hydrogen) atoms. The van der Waals surface area contributed by atoms with Crippen LogP contribution in [-0.2, 0) is 0 Å². The Labute approximate surface area is 257 Å². The Morgan fingerprint density at radius 1 is 0.690 bits per heavy atom. The number of nitrogens with zero attached hydrogens (tertiary/aromatic N) is 2. The van der Waals surface area contributed by atoms with Crippen LogP contribution in [0.5, 0.6) is 5.75 Å². The zero-order valence-electron chi connectivity index (χ0n) is 21.3. The molecule has 7 nitrogen and oxygen atoms in total. The number of fused-ring (bicyclic) bond motifs is 4. The van der Waals surface area contributed by atoms with Crippen molar-refractivity contribution in [3.05, 3.63) is 109 Å². The first-order valence-corrected chi connectivity index (χ1v) is 14.0. The summed E-state index contributed by atoms with van der Waals surface area (Å²) in [5.41, 5.74) is 0.626. The monoisotopic (exact) mass is 634 g/mol. The molecule has 0 atom stereocenters. The smallest absolute Gasteiger partial charge is 0.267 e. The molecule has 1 aromatic heterocycles. The standard InChI is InChI=1S/C31H14Cl4N2O5/c1-42-15-8-14-6-7-18(20-28(38)16-9-12-4-2-3-5-13(12)10-17(16)29(20)39)36-27(14)19(11-15)37-30(40)21-22(31(37)41)24(33)26(35)25(34)23(21)32/h2-11,20H,1H3. The minimum Gasteiger partial charge on any atom is -0.497 e. The number of rotatable bonds is 3. The highest BCUT2D eigenvalue weighted by Crippen LogP contribution is 2.47. The maximum atomic E-state index is 13.7. The van der Waals surface area contributed by atoms with E-state index >= 15 is 0 Å². The van der Waals surface area contributed by atoms with Crippen LogP contribution in [0.25, 0.3) is 21.7 Å². The lowest BCUT2D eigenvalue weighted by atomic mass is 9.98. The number of carbonyl (C=O) groups is 4. The van der Waals surface area contributed by atoms with Gasteiger partial charge in [-0.3, -0.25) is 19.2 Å². The summed E-state index contributed by atoms with van der Waals surface area (Å²) in [6.07, 6.45) is 0. The summed E-state index contributed by atoms with van der Waals surface area (Å²) in [4.78, 5) is 60.0. The molecule has 206 valence electrons. The van der Waals surface area contributed by atoms with Crippen LogP contribution in [0.1, 0.15) is 53.0 Å². The van der Waals surface area contributed by atoms with E-state index in [9.17, 15) is 19.2 Å². The Morgan fingerprint density at radius 3 is 1.76 bits per heavy atom. The van der Waals surface area contributed by atoms with Crippen molar-refractivity contribution in [1.82, 2.24) is 4.98 Å². The van der Waals surface area contributed by atoms with Gasteiger partial charge in [0.2, 0.25) is 0 Å². The summed E-state index contributed by atoms with van der Waals surface area (Å²) in [5, 5.41) is 1.41. The molecular formula is C31H14Cl4N2O5. The van der Waals surface area contributed by atoms with E-state index in [0.29, 0.717) is 22.3 Å². The van der Waals surface area contributed by atoms with Crippen LogP contribution in [0.4, 0.5) is 5.69 Å². The first-order chi connectivity index (χ1) is 20.1. The van der Waals surface area contributed by atoms with Gasteiger partial charge in [-0.05, 0) is 35.0 Å². The van der Waals surface area contributed by atoms with Crippen LogP contribution in [0.2, 0.25) is 20.1 Å². The van der Waals surface area contributed by atoms with Gasteiger partial charge in [0.15, 0.2) is 11.6 Å². The minimum atomic E-state index is -1.19. The summed E-state index contributed by atoms with van der Waals surface area (Å²) < 4.78 is 5.42. The minimum absolute atomic E-state index is 0.0397. The number of ether oxygens (including phenoxy) is 1. The highest BCUT2D eigenvalue weighted by Gasteiger charge is 2.44. The summed E-state index contributed by atoms with van der Waals surface area (Å²) >= 11 is 25.0. The van der Waals surface area contributed by atoms with Gasteiger partial charge in [0.1, 0.15) is 11.7 Å². The number of ketones is 2. The summed E-state index contributed by atoms with van der Waals surface area (Å²) in [6.45, 7) is 0. The first kappa shape index (κ1) is 26.9. The third-order valence-electron chi connectivity index (χ3n) is 7.58. The fourth-order valence-electron chi connectivity index (χ4n) is 5.57. The van der Waals surface area contributed by atoms with Crippen molar-refractivity contribution >= 4 is 97.1 Å². The Hall–Kier alpha value is -4.01. The van der Waals surface area contributed by atoms with Crippen LogP contribution in [0.15, 0.2) is 60.7 Å². The van der Waals surface area contributed by atoms with E-state index in [4.69, 9.17) is 51.1 Å². The van der Waals surface area contributed by atoms with Gasteiger partial charge in [0, 0.05) is 22.6 Å². The van der Waals surface area contributed by atoms with Crippen molar-refractivity contribution in [2.45, 2.75) is 5.92 Å². The third kappa shape index (κ3) is 3.64. The van der Waals surface area contributed by atoms with E-state index in [1.165, 1.54) is 13.2 Å². The number of hydrogen-bond acceptors (Lipinski definition) is 6. The SMILES string of the molecule is COc1cc(N2C(=O)c3c(Cl)c(Cl)c(Cl)c(Cl)c3C2=O)c2nc(C3C(=O)c4cc5ccccc5cc4C3=O)ccc2c1. The lowest BCUT2D eigenvalue weighted by Crippen LogP contribution is -2.30. The molecule has 4 aromatic carbocycles. The highest BCUT2D eigenvalue weighted by molar-refractivity contribution is 6.56. The fourth-order valence-corrected chi connectivity index (χ4v) is 6.58. The number of aromatic nitrogens is 1. The molecule has 0 radical (unpaired) electrons. The molecular weight excluding hydrogens is 622 g/mol. The van der Waals surface area contributed by atoms with Crippen LogP contribution >= 0.6 is 46.4 Å². The molecule has 5 aromatic rings. The molecule has 0 saturated carbocycles. The van der Waals surface area contributed by atoms with Gasteiger partial charge in [-0.25, -0.2) is 9.88 Å². The second kappa shape index (κ2) is 9.51. The molecule has 0 saturated heterocycles. The quantitative estimate of drug-likeness (QED) is 0.0864. The number of pyridine rings is 1. The molecule has 2 aliphatic rings. The maximum absolute atomic E-state index is 13.7.